The number of anilines is 1. The molecule has 106 valence electrons. The van der Waals surface area contributed by atoms with Crippen molar-refractivity contribution in [2.24, 2.45) is 0 Å². The fourth-order valence-corrected chi connectivity index (χ4v) is 2.89. The third-order valence-electron chi connectivity index (χ3n) is 3.32. The maximum atomic E-state index is 12.8. The lowest BCUT2D eigenvalue weighted by Crippen LogP contribution is -2.48. The fraction of sp³-hybridized carbons (Fsp3) is 0.636. The molecule has 1 aromatic heterocycles. The van der Waals surface area contributed by atoms with Crippen LogP contribution in [-0.2, 0) is 10.0 Å². The predicted molar refractivity (Wildman–Crippen MR) is 69.8 cm³/mol. The summed E-state index contributed by atoms with van der Waals surface area (Å²) in [5.41, 5.74) is 0. The van der Waals surface area contributed by atoms with Crippen molar-refractivity contribution in [1.29, 1.82) is 0 Å². The van der Waals surface area contributed by atoms with E-state index in [0.717, 1.165) is 31.8 Å². The summed E-state index contributed by atoms with van der Waals surface area (Å²) in [6.07, 6.45) is 5.09. The summed E-state index contributed by atoms with van der Waals surface area (Å²) in [6, 6.07) is -0.0996. The molecule has 2 rings (SSSR count). The van der Waals surface area contributed by atoms with Crippen LogP contribution >= 0.6 is 0 Å². The number of hydrogen-bond donors (Lipinski definition) is 0. The van der Waals surface area contributed by atoms with Crippen molar-refractivity contribution < 1.29 is 12.8 Å². The average Bonchev–Trinajstić information content (AvgIpc) is 2.38. The minimum atomic E-state index is -3.21. The van der Waals surface area contributed by atoms with Crippen molar-refractivity contribution in [3.05, 3.63) is 18.2 Å². The normalized spacial score (nSPS) is 20.8. The number of halogens is 1. The quantitative estimate of drug-likeness (QED) is 0.809. The van der Waals surface area contributed by atoms with Crippen LogP contribution in [0.3, 0.4) is 0 Å². The lowest BCUT2D eigenvalue weighted by Gasteiger charge is -2.36. The minimum absolute atomic E-state index is 0.0996. The van der Waals surface area contributed by atoms with E-state index in [-0.39, 0.29) is 6.04 Å². The van der Waals surface area contributed by atoms with Crippen LogP contribution in [0.25, 0.3) is 0 Å². The molecule has 0 spiro atoms. The molecule has 0 aromatic carbocycles. The van der Waals surface area contributed by atoms with Gasteiger partial charge in [-0.3, -0.25) is 0 Å². The molecule has 1 atom stereocenters. The molecule has 8 heteroatoms. The molecule has 2 heterocycles. The topological polar surface area (TPSA) is 66.4 Å². The highest BCUT2D eigenvalue weighted by atomic mass is 32.2. The van der Waals surface area contributed by atoms with Gasteiger partial charge in [-0.15, -0.1) is 0 Å². The zero-order valence-corrected chi connectivity index (χ0v) is 11.8. The van der Waals surface area contributed by atoms with E-state index in [9.17, 15) is 12.8 Å². The Morgan fingerprint density at radius 1 is 1.42 bits per heavy atom. The highest BCUT2D eigenvalue weighted by Gasteiger charge is 2.28. The maximum Gasteiger partial charge on any atom is 0.225 e. The molecule has 0 amide bonds. The number of sulfonamides is 1. The second-order valence-corrected chi connectivity index (χ2v) is 6.76. The molecule has 1 aliphatic rings. The van der Waals surface area contributed by atoms with Crippen LogP contribution in [0.2, 0.25) is 0 Å². The standard InChI is InChI=1S/C11H17FN4O2S/c1-15(19(2,17)18)10-4-3-5-16(8-10)11-13-6-9(12)7-14-11/h6-7,10H,3-5,8H2,1-2H3. The van der Waals surface area contributed by atoms with Gasteiger partial charge in [-0.05, 0) is 12.8 Å². The molecule has 0 saturated carbocycles. The molecule has 0 radical (unpaired) electrons. The summed E-state index contributed by atoms with van der Waals surface area (Å²) in [5, 5.41) is 0. The monoisotopic (exact) mass is 288 g/mol. The summed E-state index contributed by atoms with van der Waals surface area (Å²) in [7, 11) is -1.63. The van der Waals surface area contributed by atoms with Gasteiger partial charge in [0.25, 0.3) is 0 Å². The van der Waals surface area contributed by atoms with Gasteiger partial charge in [-0.2, -0.15) is 0 Å². The highest BCUT2D eigenvalue weighted by molar-refractivity contribution is 7.88. The first kappa shape index (κ1) is 14.1. The Bertz CT molecular complexity index is 534. The molecular formula is C11H17FN4O2S. The van der Waals surface area contributed by atoms with E-state index in [2.05, 4.69) is 9.97 Å². The maximum absolute atomic E-state index is 12.8. The Morgan fingerprint density at radius 3 is 2.63 bits per heavy atom. The van der Waals surface area contributed by atoms with Gasteiger partial charge in [-0.25, -0.2) is 27.1 Å². The van der Waals surface area contributed by atoms with Crippen LogP contribution in [0.15, 0.2) is 12.4 Å². The molecule has 1 fully saturated rings. The second kappa shape index (κ2) is 5.38. The van der Waals surface area contributed by atoms with E-state index in [4.69, 9.17) is 0 Å². The zero-order chi connectivity index (χ0) is 14.0. The van der Waals surface area contributed by atoms with Gasteiger partial charge in [0.1, 0.15) is 0 Å². The van der Waals surface area contributed by atoms with Gasteiger partial charge in [0.2, 0.25) is 16.0 Å². The number of hydrogen-bond acceptors (Lipinski definition) is 5. The van der Waals surface area contributed by atoms with E-state index in [1.54, 1.807) is 7.05 Å². The summed E-state index contributed by atoms with van der Waals surface area (Å²) in [6.45, 7) is 1.27. The molecule has 1 aromatic rings. The number of piperidine rings is 1. The van der Waals surface area contributed by atoms with E-state index >= 15 is 0 Å². The van der Waals surface area contributed by atoms with Crippen LogP contribution in [0.4, 0.5) is 10.3 Å². The van der Waals surface area contributed by atoms with E-state index in [1.165, 1.54) is 10.6 Å². The zero-order valence-electron chi connectivity index (χ0n) is 11.0. The second-order valence-electron chi connectivity index (χ2n) is 4.72. The van der Waals surface area contributed by atoms with Gasteiger partial charge >= 0.3 is 0 Å². The van der Waals surface area contributed by atoms with Crippen molar-refractivity contribution in [1.82, 2.24) is 14.3 Å². The molecule has 6 nitrogen and oxygen atoms in total. The summed E-state index contributed by atoms with van der Waals surface area (Å²) < 4.78 is 37.3. The van der Waals surface area contributed by atoms with Crippen molar-refractivity contribution in [3.63, 3.8) is 0 Å². The van der Waals surface area contributed by atoms with Crippen molar-refractivity contribution in [2.75, 3.05) is 31.3 Å². The van der Waals surface area contributed by atoms with Crippen LogP contribution < -0.4 is 4.90 Å². The number of likely N-dealkylation sites (N-methyl/N-ethyl adjacent to an activating group) is 1. The van der Waals surface area contributed by atoms with Crippen molar-refractivity contribution in [3.8, 4) is 0 Å². The van der Waals surface area contributed by atoms with E-state index in [1.807, 2.05) is 4.90 Å². The van der Waals surface area contributed by atoms with Crippen LogP contribution in [0, 0.1) is 5.82 Å². The summed E-state index contributed by atoms with van der Waals surface area (Å²) >= 11 is 0. The molecular weight excluding hydrogens is 271 g/mol. The predicted octanol–water partition coefficient (Wildman–Crippen LogP) is 0.476. The van der Waals surface area contributed by atoms with Gasteiger partial charge in [-0.1, -0.05) is 0 Å². The summed E-state index contributed by atoms with van der Waals surface area (Å²) in [4.78, 5) is 9.74. The van der Waals surface area contributed by atoms with E-state index in [0.29, 0.717) is 12.5 Å². The average molecular weight is 288 g/mol. The molecule has 1 saturated heterocycles. The molecule has 19 heavy (non-hydrogen) atoms. The Balaban J connectivity index is 2.11. The first-order valence-corrected chi connectivity index (χ1v) is 7.88. The summed E-state index contributed by atoms with van der Waals surface area (Å²) in [5.74, 6) is -0.0430. The highest BCUT2D eigenvalue weighted by Crippen LogP contribution is 2.20. The Kier molecular flexibility index (Phi) is 4.00. The fourth-order valence-electron chi connectivity index (χ4n) is 2.17. The van der Waals surface area contributed by atoms with Crippen LogP contribution in [-0.4, -0.2) is 55.1 Å². The number of aromatic nitrogens is 2. The Hall–Kier alpha value is -1.28. The third-order valence-corrected chi connectivity index (χ3v) is 4.67. The third kappa shape index (κ3) is 3.38. The Labute approximate surface area is 112 Å². The lowest BCUT2D eigenvalue weighted by atomic mass is 10.1. The van der Waals surface area contributed by atoms with Crippen molar-refractivity contribution >= 4 is 16.0 Å². The van der Waals surface area contributed by atoms with Crippen molar-refractivity contribution in [2.45, 2.75) is 18.9 Å². The Morgan fingerprint density at radius 2 is 2.05 bits per heavy atom. The van der Waals surface area contributed by atoms with Gasteiger partial charge in [0, 0.05) is 26.2 Å². The smallest absolute Gasteiger partial charge is 0.225 e. The minimum Gasteiger partial charge on any atom is -0.339 e. The SMILES string of the molecule is CN(C1CCCN(c2ncc(F)cn2)C1)S(C)(=O)=O. The van der Waals surface area contributed by atoms with Gasteiger partial charge < -0.3 is 4.90 Å². The van der Waals surface area contributed by atoms with E-state index < -0.39 is 15.8 Å². The number of nitrogens with zero attached hydrogens (tertiary/aromatic N) is 4. The first-order chi connectivity index (χ1) is 8.88. The number of rotatable bonds is 3. The van der Waals surface area contributed by atoms with Gasteiger partial charge in [0.05, 0.1) is 18.6 Å². The van der Waals surface area contributed by atoms with Gasteiger partial charge in [0.15, 0.2) is 5.82 Å². The largest absolute Gasteiger partial charge is 0.339 e. The molecule has 1 unspecified atom stereocenters. The van der Waals surface area contributed by atoms with Crippen LogP contribution in [0.5, 0.6) is 0 Å². The van der Waals surface area contributed by atoms with Crippen LogP contribution in [0.1, 0.15) is 12.8 Å². The molecule has 0 bridgehead atoms. The first-order valence-electron chi connectivity index (χ1n) is 6.03. The lowest BCUT2D eigenvalue weighted by molar-refractivity contribution is 0.320. The molecule has 1 aliphatic heterocycles. The molecule has 0 aliphatic carbocycles. The molecule has 0 N–H and O–H groups in total.